The van der Waals surface area contributed by atoms with Gasteiger partial charge in [-0.25, -0.2) is 14.4 Å². The van der Waals surface area contributed by atoms with Crippen molar-refractivity contribution in [1.29, 1.82) is 0 Å². The molecule has 0 spiro atoms. The van der Waals surface area contributed by atoms with Gasteiger partial charge in [-0.2, -0.15) is 0 Å². The lowest BCUT2D eigenvalue weighted by Crippen LogP contribution is -2.41. The van der Waals surface area contributed by atoms with Crippen molar-refractivity contribution in [2.75, 3.05) is 40.1 Å². The summed E-state index contributed by atoms with van der Waals surface area (Å²) in [6.45, 7) is 3.48. The topological polar surface area (TPSA) is 124 Å². The van der Waals surface area contributed by atoms with Crippen molar-refractivity contribution in [2.24, 2.45) is 0 Å². The smallest absolute Gasteiger partial charge is 0.497 e. The first-order valence-corrected chi connectivity index (χ1v) is 14.1. The second-order valence-corrected chi connectivity index (χ2v) is 10.3. The van der Waals surface area contributed by atoms with E-state index in [-0.39, 0.29) is 24.8 Å². The Morgan fingerprint density at radius 1 is 0.953 bits per heavy atom. The molecular formula is C32H34N2O9. The quantitative estimate of drug-likeness (QED) is 0.245. The molecule has 0 bridgehead atoms. The lowest BCUT2D eigenvalue weighted by Gasteiger charge is -2.30. The highest BCUT2D eigenvalue weighted by molar-refractivity contribution is 5.96. The first kappa shape index (κ1) is 29.7. The van der Waals surface area contributed by atoms with Gasteiger partial charge in [0.1, 0.15) is 11.9 Å². The molecule has 3 aromatic rings. The highest BCUT2D eigenvalue weighted by Crippen LogP contribution is 2.45. The molecule has 11 nitrogen and oxygen atoms in total. The van der Waals surface area contributed by atoms with Gasteiger partial charge in [-0.05, 0) is 53.9 Å². The lowest BCUT2D eigenvalue weighted by molar-refractivity contribution is 0.0276. The molecule has 3 atom stereocenters. The molecule has 1 N–H and O–H groups in total. The summed E-state index contributed by atoms with van der Waals surface area (Å²) in [4.78, 5) is 41.2. The predicted molar refractivity (Wildman–Crippen MR) is 155 cm³/mol. The molecule has 11 heteroatoms. The van der Waals surface area contributed by atoms with Gasteiger partial charge in [-0.3, -0.25) is 4.90 Å². The highest BCUT2D eigenvalue weighted by atomic mass is 16.7. The fourth-order valence-corrected chi connectivity index (χ4v) is 5.62. The van der Waals surface area contributed by atoms with E-state index in [2.05, 4.69) is 4.90 Å². The normalized spacial score (nSPS) is 19.1. The zero-order valence-corrected chi connectivity index (χ0v) is 24.0. The minimum Gasteiger partial charge on any atom is -0.497 e. The molecule has 0 radical (unpaired) electrons. The SMILES string of the molecule is CCCN(CCN1C[C@H](c2ccc3c(c2)OCO3)[C@H](OC(=O)O)[C@H]1c1ccc(OC)cc1)C(=O)OC(=O)c1ccccc1. The third kappa shape index (κ3) is 6.83. The minimum absolute atomic E-state index is 0.120. The number of carboxylic acid groups (broad SMARTS) is 1. The predicted octanol–water partition coefficient (Wildman–Crippen LogP) is 5.32. The van der Waals surface area contributed by atoms with Crippen LogP contribution in [0.1, 0.15) is 46.8 Å². The minimum atomic E-state index is -1.38. The van der Waals surface area contributed by atoms with Crippen molar-refractivity contribution in [3.63, 3.8) is 0 Å². The van der Waals surface area contributed by atoms with E-state index >= 15 is 0 Å². The summed E-state index contributed by atoms with van der Waals surface area (Å²) in [7, 11) is 1.58. The van der Waals surface area contributed by atoms with Crippen molar-refractivity contribution in [1.82, 2.24) is 9.80 Å². The van der Waals surface area contributed by atoms with Crippen LogP contribution in [0.15, 0.2) is 72.8 Å². The lowest BCUT2D eigenvalue weighted by atomic mass is 9.90. The Balaban J connectivity index is 1.41. The van der Waals surface area contributed by atoms with Crippen molar-refractivity contribution < 1.29 is 43.2 Å². The van der Waals surface area contributed by atoms with Crippen molar-refractivity contribution in [2.45, 2.75) is 31.4 Å². The summed E-state index contributed by atoms with van der Waals surface area (Å²) in [6, 6.07) is 20.8. The molecule has 0 aliphatic carbocycles. The summed E-state index contributed by atoms with van der Waals surface area (Å²) >= 11 is 0. The highest BCUT2D eigenvalue weighted by Gasteiger charge is 2.46. The average molecular weight is 591 g/mol. The summed E-state index contributed by atoms with van der Waals surface area (Å²) in [5.41, 5.74) is 1.96. The summed E-state index contributed by atoms with van der Waals surface area (Å²) < 4.78 is 27.1. The van der Waals surface area contributed by atoms with Gasteiger partial charge >= 0.3 is 18.2 Å². The zero-order chi connectivity index (χ0) is 30.3. The summed E-state index contributed by atoms with van der Waals surface area (Å²) in [5, 5.41) is 9.76. The van der Waals surface area contributed by atoms with Gasteiger partial charge in [-0.15, -0.1) is 0 Å². The standard InChI is InChI=1S/C32H34N2O9/c1-3-15-33(31(36)43-30(35)22-7-5-4-6-8-22)16-17-34-19-25(23-11-14-26-27(18-23)41-20-40-26)29(42-32(37)38)28(34)21-9-12-24(39-2)13-10-21/h4-14,18,25,28-29H,3,15-17,19-20H2,1-2H3,(H,37,38)/t25-,28-,29+/m1/s1. The van der Waals surface area contributed by atoms with Crippen LogP contribution in [0.5, 0.6) is 17.2 Å². The number of hydrogen-bond donors (Lipinski definition) is 1. The van der Waals surface area contributed by atoms with Gasteiger partial charge in [0.15, 0.2) is 11.5 Å². The van der Waals surface area contributed by atoms with Gasteiger partial charge in [0.05, 0.1) is 18.7 Å². The molecule has 2 aliphatic heterocycles. The van der Waals surface area contributed by atoms with Crippen LogP contribution >= 0.6 is 0 Å². The van der Waals surface area contributed by atoms with E-state index in [0.29, 0.717) is 43.3 Å². The largest absolute Gasteiger partial charge is 0.506 e. The molecule has 1 fully saturated rings. The van der Waals surface area contributed by atoms with E-state index in [4.69, 9.17) is 23.7 Å². The van der Waals surface area contributed by atoms with Gasteiger partial charge in [-0.1, -0.05) is 43.3 Å². The Bertz CT molecular complexity index is 1430. The Morgan fingerprint density at radius 2 is 1.67 bits per heavy atom. The maximum atomic E-state index is 13.1. The molecule has 2 heterocycles. The number of nitrogens with zero attached hydrogens (tertiary/aromatic N) is 2. The molecule has 5 rings (SSSR count). The van der Waals surface area contributed by atoms with Crippen LogP contribution < -0.4 is 14.2 Å². The van der Waals surface area contributed by atoms with Crippen LogP contribution in [0.4, 0.5) is 9.59 Å². The van der Waals surface area contributed by atoms with Crippen LogP contribution in [0, 0.1) is 0 Å². The maximum Gasteiger partial charge on any atom is 0.506 e. The van der Waals surface area contributed by atoms with E-state index in [1.807, 2.05) is 49.4 Å². The second kappa shape index (κ2) is 13.5. The fourth-order valence-electron chi connectivity index (χ4n) is 5.62. The molecule has 0 saturated carbocycles. The van der Waals surface area contributed by atoms with Gasteiger partial charge in [0.2, 0.25) is 6.79 Å². The van der Waals surface area contributed by atoms with Gasteiger partial charge < -0.3 is 33.7 Å². The maximum absolute atomic E-state index is 13.1. The van der Waals surface area contributed by atoms with Crippen LogP contribution in [-0.2, 0) is 9.47 Å². The number of esters is 1. The van der Waals surface area contributed by atoms with Crippen molar-refractivity contribution in [3.8, 4) is 17.2 Å². The van der Waals surface area contributed by atoms with Crippen molar-refractivity contribution in [3.05, 3.63) is 89.5 Å². The number of fused-ring (bicyclic) bond motifs is 1. The Morgan fingerprint density at radius 3 is 2.37 bits per heavy atom. The third-order valence-electron chi connectivity index (χ3n) is 7.65. The summed E-state index contributed by atoms with van der Waals surface area (Å²) in [6.07, 6.45) is -2.23. The molecule has 2 aliphatic rings. The number of amides is 1. The number of hydrogen-bond acceptors (Lipinski definition) is 9. The molecule has 1 amide bonds. The van der Waals surface area contributed by atoms with E-state index in [0.717, 1.165) is 11.1 Å². The fraction of sp³-hybridized carbons (Fsp3) is 0.344. The molecule has 1 saturated heterocycles. The zero-order valence-electron chi connectivity index (χ0n) is 24.0. The number of ether oxygens (including phenoxy) is 5. The molecule has 226 valence electrons. The number of methoxy groups -OCH3 is 1. The molecule has 0 unspecified atom stereocenters. The van der Waals surface area contributed by atoms with Crippen molar-refractivity contribution >= 4 is 18.2 Å². The third-order valence-corrected chi connectivity index (χ3v) is 7.65. The number of carbonyl (C=O) groups is 3. The Hall–Kier alpha value is -4.77. The molecule has 3 aromatic carbocycles. The van der Waals surface area contributed by atoms with Crippen LogP contribution in [0.25, 0.3) is 0 Å². The van der Waals surface area contributed by atoms with Gasteiger partial charge in [0.25, 0.3) is 0 Å². The number of carbonyl (C=O) groups excluding carboxylic acids is 2. The molecule has 43 heavy (non-hydrogen) atoms. The second-order valence-electron chi connectivity index (χ2n) is 10.3. The Kier molecular flexibility index (Phi) is 9.31. The van der Waals surface area contributed by atoms with E-state index in [1.165, 1.54) is 4.90 Å². The number of likely N-dealkylation sites (tertiary alicyclic amines) is 1. The average Bonchev–Trinajstić information content (AvgIpc) is 3.63. The summed E-state index contributed by atoms with van der Waals surface area (Å²) in [5.74, 6) is 0.813. The van der Waals surface area contributed by atoms with E-state index < -0.39 is 30.4 Å². The Labute approximate surface area is 249 Å². The van der Waals surface area contributed by atoms with E-state index in [9.17, 15) is 19.5 Å². The van der Waals surface area contributed by atoms with Crippen LogP contribution in [-0.4, -0.2) is 79.3 Å². The monoisotopic (exact) mass is 590 g/mol. The van der Waals surface area contributed by atoms with Crippen LogP contribution in [0.3, 0.4) is 0 Å². The number of benzene rings is 3. The van der Waals surface area contributed by atoms with Crippen LogP contribution in [0.2, 0.25) is 0 Å². The van der Waals surface area contributed by atoms with E-state index in [1.54, 1.807) is 37.4 Å². The first-order chi connectivity index (χ1) is 20.9. The number of rotatable bonds is 10. The molecule has 0 aromatic heterocycles. The first-order valence-electron chi connectivity index (χ1n) is 14.1. The van der Waals surface area contributed by atoms with Gasteiger partial charge in [0, 0.05) is 32.1 Å². The molecular weight excluding hydrogens is 556 g/mol.